The van der Waals surface area contributed by atoms with Crippen LogP contribution >= 0.6 is 0 Å². The monoisotopic (exact) mass is 194 g/mol. The van der Waals surface area contributed by atoms with Gasteiger partial charge in [-0.3, -0.25) is 4.79 Å². The molecule has 0 amide bonds. The molecule has 0 aliphatic carbocycles. The Labute approximate surface area is 83.5 Å². The number of carbonyl (C=O) groups excluding carboxylic acids is 1. The van der Waals surface area contributed by atoms with Crippen molar-refractivity contribution in [2.45, 2.75) is 45.1 Å². The van der Waals surface area contributed by atoms with Crippen molar-refractivity contribution in [1.82, 2.24) is 0 Å². The maximum absolute atomic E-state index is 11.5. The van der Waals surface area contributed by atoms with Crippen LogP contribution in [0.15, 0.2) is 5.16 Å². The van der Waals surface area contributed by atoms with E-state index in [0.29, 0.717) is 25.0 Å². The molecule has 1 heterocycles. The van der Waals surface area contributed by atoms with E-state index < -0.39 is 0 Å². The molecular formula is C10H14N2O2. The minimum Gasteiger partial charge on any atom is -0.391 e. The normalized spacial score (nSPS) is 19.7. The highest BCUT2D eigenvalue weighted by Crippen LogP contribution is 2.15. The third-order valence-electron chi connectivity index (χ3n) is 2.13. The molecule has 76 valence electrons. The van der Waals surface area contributed by atoms with Crippen molar-refractivity contribution in [3.63, 3.8) is 0 Å². The number of carbonyl (C=O) groups is 1. The van der Waals surface area contributed by atoms with E-state index in [1.807, 2.05) is 13.0 Å². The molecule has 1 rings (SSSR count). The third-order valence-corrected chi connectivity index (χ3v) is 2.13. The molecule has 0 saturated carbocycles. The maximum Gasteiger partial charge on any atom is 0.180 e. The Balaban J connectivity index is 2.34. The first-order valence-corrected chi connectivity index (χ1v) is 4.90. The second-order valence-corrected chi connectivity index (χ2v) is 3.36. The number of hydrogen-bond acceptors (Lipinski definition) is 4. The molecule has 1 aliphatic rings. The molecular weight excluding hydrogens is 180 g/mol. The molecule has 0 aromatic heterocycles. The number of rotatable bonds is 5. The quantitative estimate of drug-likeness (QED) is 0.670. The van der Waals surface area contributed by atoms with E-state index in [-0.39, 0.29) is 11.9 Å². The average Bonchev–Trinajstić information content (AvgIpc) is 2.63. The van der Waals surface area contributed by atoms with Gasteiger partial charge in [0.2, 0.25) is 0 Å². The average molecular weight is 194 g/mol. The van der Waals surface area contributed by atoms with Gasteiger partial charge in [-0.1, -0.05) is 18.5 Å². The minimum atomic E-state index is -0.208. The number of ketones is 1. The smallest absolute Gasteiger partial charge is 0.180 e. The van der Waals surface area contributed by atoms with Crippen LogP contribution in [0.5, 0.6) is 0 Å². The van der Waals surface area contributed by atoms with E-state index in [4.69, 9.17) is 10.1 Å². The van der Waals surface area contributed by atoms with Gasteiger partial charge in [0, 0.05) is 12.8 Å². The predicted octanol–water partition coefficient (Wildman–Crippen LogP) is 1.80. The predicted molar refractivity (Wildman–Crippen MR) is 51.7 cm³/mol. The second-order valence-electron chi connectivity index (χ2n) is 3.36. The highest BCUT2D eigenvalue weighted by Gasteiger charge is 2.24. The van der Waals surface area contributed by atoms with E-state index in [9.17, 15) is 4.79 Å². The fraction of sp³-hybridized carbons (Fsp3) is 0.700. The first-order valence-electron chi connectivity index (χ1n) is 4.90. The number of nitrogens with zero attached hydrogens (tertiary/aromatic N) is 2. The molecule has 1 aliphatic heterocycles. The third kappa shape index (κ3) is 2.84. The second kappa shape index (κ2) is 5.38. The number of nitriles is 1. The Morgan fingerprint density at radius 2 is 2.57 bits per heavy atom. The van der Waals surface area contributed by atoms with Crippen LogP contribution in [0, 0.1) is 11.3 Å². The molecule has 0 spiro atoms. The van der Waals surface area contributed by atoms with E-state index in [1.165, 1.54) is 0 Å². The van der Waals surface area contributed by atoms with E-state index in [1.54, 1.807) is 0 Å². The van der Waals surface area contributed by atoms with E-state index in [2.05, 4.69) is 5.16 Å². The Morgan fingerprint density at radius 3 is 3.21 bits per heavy atom. The van der Waals surface area contributed by atoms with Gasteiger partial charge in [0.15, 0.2) is 5.78 Å². The Kier molecular flexibility index (Phi) is 4.11. The molecule has 0 N–H and O–H groups in total. The molecule has 0 bridgehead atoms. The lowest BCUT2D eigenvalue weighted by molar-refractivity contribution is -0.113. The van der Waals surface area contributed by atoms with Crippen LogP contribution in [-0.2, 0) is 9.63 Å². The molecule has 4 nitrogen and oxygen atoms in total. The molecule has 0 aromatic rings. The lowest BCUT2D eigenvalue weighted by Gasteiger charge is -2.00. The van der Waals surface area contributed by atoms with Gasteiger partial charge in [0.1, 0.15) is 11.8 Å². The van der Waals surface area contributed by atoms with Crippen molar-refractivity contribution in [3.05, 3.63) is 0 Å². The standard InChI is InChI=1S/C10H14N2O2/c1-2-3-4-10(13)9-7-8(5-6-11)14-12-9/h8H,2-5,7H2,1H3. The zero-order valence-corrected chi connectivity index (χ0v) is 8.32. The van der Waals surface area contributed by atoms with Crippen molar-refractivity contribution >= 4 is 11.5 Å². The molecule has 1 atom stereocenters. The molecule has 0 aromatic carbocycles. The van der Waals surface area contributed by atoms with Gasteiger partial charge in [-0.25, -0.2) is 0 Å². The fourth-order valence-electron chi connectivity index (χ4n) is 1.29. The van der Waals surface area contributed by atoms with Gasteiger partial charge in [0.25, 0.3) is 0 Å². The lowest BCUT2D eigenvalue weighted by atomic mass is 10.0. The summed E-state index contributed by atoms with van der Waals surface area (Å²) in [5.41, 5.74) is 0.499. The van der Waals surface area contributed by atoms with Crippen LogP contribution in [-0.4, -0.2) is 17.6 Å². The van der Waals surface area contributed by atoms with E-state index >= 15 is 0 Å². The fourth-order valence-corrected chi connectivity index (χ4v) is 1.29. The minimum absolute atomic E-state index is 0.0623. The highest BCUT2D eigenvalue weighted by atomic mass is 16.6. The summed E-state index contributed by atoms with van der Waals surface area (Å²) in [5.74, 6) is 0.0623. The van der Waals surface area contributed by atoms with Crippen molar-refractivity contribution < 1.29 is 9.63 Å². The maximum atomic E-state index is 11.5. The van der Waals surface area contributed by atoms with Crippen molar-refractivity contribution in [2.75, 3.05) is 0 Å². The molecule has 1 unspecified atom stereocenters. The van der Waals surface area contributed by atoms with E-state index in [0.717, 1.165) is 12.8 Å². The first kappa shape index (κ1) is 10.7. The van der Waals surface area contributed by atoms with Crippen molar-refractivity contribution in [3.8, 4) is 6.07 Å². The van der Waals surface area contributed by atoms with Crippen LogP contribution in [0.1, 0.15) is 39.0 Å². The van der Waals surface area contributed by atoms with Crippen LogP contribution in [0.25, 0.3) is 0 Å². The zero-order chi connectivity index (χ0) is 10.4. The zero-order valence-electron chi connectivity index (χ0n) is 8.32. The number of Topliss-reactive ketones (excluding diaryl/α,β-unsaturated/α-hetero) is 1. The summed E-state index contributed by atoms with van der Waals surface area (Å²) in [6.45, 7) is 2.04. The summed E-state index contributed by atoms with van der Waals surface area (Å²) in [6, 6.07) is 2.00. The summed E-state index contributed by atoms with van der Waals surface area (Å²) in [5, 5.41) is 12.1. The molecule has 14 heavy (non-hydrogen) atoms. The molecule has 0 fully saturated rings. The Morgan fingerprint density at radius 1 is 1.79 bits per heavy atom. The SMILES string of the molecule is CCCCC(=O)C1=NOC(CC#N)C1. The Bertz CT molecular complexity index is 278. The van der Waals surface area contributed by atoms with Crippen LogP contribution in [0.4, 0.5) is 0 Å². The number of oxime groups is 1. The van der Waals surface area contributed by atoms with Crippen LogP contribution < -0.4 is 0 Å². The summed E-state index contributed by atoms with van der Waals surface area (Å²) >= 11 is 0. The summed E-state index contributed by atoms with van der Waals surface area (Å²) in [4.78, 5) is 16.4. The van der Waals surface area contributed by atoms with Gasteiger partial charge in [0.05, 0.1) is 12.5 Å². The van der Waals surface area contributed by atoms with Gasteiger partial charge in [-0.15, -0.1) is 0 Å². The van der Waals surface area contributed by atoms with Crippen LogP contribution in [0.3, 0.4) is 0 Å². The number of unbranched alkanes of at least 4 members (excludes halogenated alkanes) is 1. The largest absolute Gasteiger partial charge is 0.391 e. The van der Waals surface area contributed by atoms with Crippen molar-refractivity contribution in [1.29, 1.82) is 5.26 Å². The van der Waals surface area contributed by atoms with Gasteiger partial charge in [-0.05, 0) is 6.42 Å². The van der Waals surface area contributed by atoms with Crippen molar-refractivity contribution in [2.24, 2.45) is 5.16 Å². The number of hydrogen-bond donors (Lipinski definition) is 0. The Hall–Kier alpha value is -1.37. The summed E-state index contributed by atoms with van der Waals surface area (Å²) in [7, 11) is 0. The molecule has 4 heteroatoms. The molecule has 0 radical (unpaired) electrons. The topological polar surface area (TPSA) is 62.4 Å². The van der Waals surface area contributed by atoms with Crippen LogP contribution in [0.2, 0.25) is 0 Å². The van der Waals surface area contributed by atoms with Gasteiger partial charge >= 0.3 is 0 Å². The van der Waals surface area contributed by atoms with Gasteiger partial charge < -0.3 is 4.84 Å². The summed E-state index contributed by atoms with van der Waals surface area (Å²) < 4.78 is 0. The highest BCUT2D eigenvalue weighted by molar-refractivity contribution is 6.40. The molecule has 0 saturated heterocycles. The first-order chi connectivity index (χ1) is 6.77. The summed E-state index contributed by atoms with van der Waals surface area (Å²) in [6.07, 6.45) is 3.02. The van der Waals surface area contributed by atoms with Gasteiger partial charge in [-0.2, -0.15) is 5.26 Å². The lowest BCUT2D eigenvalue weighted by Crippen LogP contribution is -2.14.